The van der Waals surface area contributed by atoms with Crippen LogP contribution in [-0.2, 0) is 28.7 Å². The zero-order valence-electron chi connectivity index (χ0n) is 16.4. The Bertz CT molecular complexity index is 755. The molecule has 0 saturated heterocycles. The Balaban J connectivity index is 2.44. The van der Waals surface area contributed by atoms with Crippen molar-refractivity contribution in [2.45, 2.75) is 44.5 Å². The lowest BCUT2D eigenvalue weighted by molar-refractivity contribution is -0.179. The zero-order valence-corrected chi connectivity index (χ0v) is 16.4. The van der Waals surface area contributed by atoms with Crippen LogP contribution in [0.2, 0.25) is 0 Å². The molecule has 29 heavy (non-hydrogen) atoms. The summed E-state index contributed by atoms with van der Waals surface area (Å²) in [5, 5.41) is 29.6. The minimum Gasteiger partial charge on any atom is -0.466 e. The second-order valence-corrected chi connectivity index (χ2v) is 7.69. The van der Waals surface area contributed by atoms with Crippen LogP contribution in [0.25, 0.3) is 0 Å². The number of fused-ring (bicyclic) bond motifs is 1. The molecule has 9 heteroatoms. The van der Waals surface area contributed by atoms with Crippen molar-refractivity contribution in [3.63, 3.8) is 0 Å². The van der Waals surface area contributed by atoms with Crippen molar-refractivity contribution >= 4 is 23.5 Å². The van der Waals surface area contributed by atoms with E-state index in [1.165, 1.54) is 6.92 Å². The molecule has 0 aliphatic heterocycles. The molecule has 0 amide bonds. The molecule has 0 aromatic heterocycles. The number of Topliss-reactive ketones (excluding diaryl/α,β-unsaturated/α-hetero) is 2. The Morgan fingerprint density at radius 1 is 1.24 bits per heavy atom. The van der Waals surface area contributed by atoms with Gasteiger partial charge >= 0.3 is 11.9 Å². The number of rotatable bonds is 6. The predicted molar refractivity (Wildman–Crippen MR) is 98.2 cm³/mol. The summed E-state index contributed by atoms with van der Waals surface area (Å²) in [5.74, 6) is -4.76. The molecular weight excluding hydrogens is 384 g/mol. The fourth-order valence-corrected chi connectivity index (χ4v) is 4.26. The minimum atomic E-state index is -1.56. The van der Waals surface area contributed by atoms with Crippen LogP contribution in [0.1, 0.15) is 26.2 Å². The molecule has 2 rings (SSSR count). The molecule has 2 fully saturated rings. The fourth-order valence-electron chi connectivity index (χ4n) is 4.26. The Labute approximate surface area is 168 Å². The van der Waals surface area contributed by atoms with Gasteiger partial charge in [-0.1, -0.05) is 20.1 Å². The number of carbonyl (C=O) groups is 4. The number of esters is 2. The molecule has 0 aromatic rings. The number of aliphatic hydroxyl groups excluding tert-OH is 3. The van der Waals surface area contributed by atoms with Crippen molar-refractivity contribution in [1.82, 2.24) is 0 Å². The number of carbonyl (C=O) groups excluding carboxylic acids is 4. The first kappa shape index (κ1) is 22.9. The third-order valence-corrected chi connectivity index (χ3v) is 5.95. The normalized spacial score (nSPS) is 32.7. The average molecular weight is 410 g/mol. The molecule has 0 heterocycles. The molecule has 0 spiro atoms. The van der Waals surface area contributed by atoms with Crippen LogP contribution in [0, 0.1) is 17.3 Å². The van der Waals surface area contributed by atoms with Crippen molar-refractivity contribution < 1.29 is 44.0 Å². The lowest BCUT2D eigenvalue weighted by Crippen LogP contribution is -2.60. The zero-order chi connectivity index (χ0) is 22.1. The van der Waals surface area contributed by atoms with E-state index in [-0.39, 0.29) is 36.4 Å². The molecule has 2 aliphatic carbocycles. The van der Waals surface area contributed by atoms with E-state index in [0.29, 0.717) is 0 Å². The van der Waals surface area contributed by atoms with Crippen LogP contribution >= 0.6 is 0 Å². The topological polar surface area (TPSA) is 147 Å². The van der Waals surface area contributed by atoms with Crippen LogP contribution < -0.4 is 0 Å². The van der Waals surface area contributed by atoms with E-state index in [1.54, 1.807) is 0 Å². The van der Waals surface area contributed by atoms with Crippen LogP contribution in [0.4, 0.5) is 0 Å². The Kier molecular flexibility index (Phi) is 6.77. The second-order valence-electron chi connectivity index (χ2n) is 7.69. The van der Waals surface area contributed by atoms with Gasteiger partial charge in [0.2, 0.25) is 0 Å². The van der Waals surface area contributed by atoms with Crippen molar-refractivity contribution in [3.05, 3.63) is 24.3 Å². The maximum Gasteiger partial charge on any atom is 0.336 e. The smallest absolute Gasteiger partial charge is 0.336 e. The number of methoxy groups -OCH3 is 1. The van der Waals surface area contributed by atoms with Crippen LogP contribution in [0.15, 0.2) is 24.3 Å². The molecule has 6 unspecified atom stereocenters. The monoisotopic (exact) mass is 410 g/mol. The van der Waals surface area contributed by atoms with E-state index < -0.39 is 59.7 Å². The highest BCUT2D eigenvalue weighted by atomic mass is 16.5. The molecule has 9 nitrogen and oxygen atoms in total. The highest BCUT2D eigenvalue weighted by molar-refractivity contribution is 6.00. The maximum absolute atomic E-state index is 12.6. The summed E-state index contributed by atoms with van der Waals surface area (Å²) in [6.45, 7) is 7.76. The number of hydrogen-bond donors (Lipinski definition) is 3. The second kappa shape index (κ2) is 8.56. The third kappa shape index (κ3) is 4.03. The van der Waals surface area contributed by atoms with Gasteiger partial charge in [-0.2, -0.15) is 0 Å². The molecule has 160 valence electrons. The summed E-state index contributed by atoms with van der Waals surface area (Å²) in [4.78, 5) is 49.6. The third-order valence-electron chi connectivity index (χ3n) is 5.95. The van der Waals surface area contributed by atoms with Gasteiger partial charge in [-0.25, -0.2) is 9.59 Å². The van der Waals surface area contributed by atoms with E-state index in [1.807, 2.05) is 0 Å². The van der Waals surface area contributed by atoms with Crippen molar-refractivity contribution in [2.75, 3.05) is 13.7 Å². The highest BCUT2D eigenvalue weighted by Crippen LogP contribution is 2.51. The van der Waals surface area contributed by atoms with Crippen molar-refractivity contribution in [3.8, 4) is 0 Å². The summed E-state index contributed by atoms with van der Waals surface area (Å²) >= 11 is 0. The number of ketones is 2. The van der Waals surface area contributed by atoms with Gasteiger partial charge in [-0.3, -0.25) is 9.59 Å². The summed E-state index contributed by atoms with van der Waals surface area (Å²) in [6.07, 6.45) is -4.41. The number of ether oxygens (including phenoxy) is 2. The lowest BCUT2D eigenvalue weighted by atomic mass is 9.54. The maximum atomic E-state index is 12.6. The fraction of sp³-hybridized carbons (Fsp3) is 0.600. The Morgan fingerprint density at radius 3 is 2.41 bits per heavy atom. The molecule has 0 radical (unpaired) electrons. The van der Waals surface area contributed by atoms with Crippen LogP contribution in [-0.4, -0.2) is 70.9 Å². The first-order valence-electron chi connectivity index (χ1n) is 9.19. The van der Waals surface area contributed by atoms with Gasteiger partial charge in [0.15, 0.2) is 0 Å². The van der Waals surface area contributed by atoms with Gasteiger partial charge in [0.1, 0.15) is 23.8 Å². The minimum absolute atomic E-state index is 0.0117. The SMILES string of the molecule is C=C(C(=O)OC1CC2(C)C(=O)CCC(=O)C2C(O)C1C(=C)C(=O)OC)C(O)CO. The summed E-state index contributed by atoms with van der Waals surface area (Å²) in [6, 6.07) is 0. The first-order chi connectivity index (χ1) is 13.5. The van der Waals surface area contributed by atoms with Gasteiger partial charge < -0.3 is 24.8 Å². The van der Waals surface area contributed by atoms with E-state index in [9.17, 15) is 29.4 Å². The van der Waals surface area contributed by atoms with Crippen molar-refractivity contribution in [2.24, 2.45) is 17.3 Å². The Morgan fingerprint density at radius 2 is 1.86 bits per heavy atom. The van der Waals surface area contributed by atoms with Crippen LogP contribution in [0.3, 0.4) is 0 Å². The largest absolute Gasteiger partial charge is 0.466 e. The molecule has 2 saturated carbocycles. The highest BCUT2D eigenvalue weighted by Gasteiger charge is 2.60. The summed E-state index contributed by atoms with van der Waals surface area (Å²) in [5.41, 5.74) is -1.93. The van der Waals surface area contributed by atoms with Gasteiger partial charge in [-0.05, 0) is 6.42 Å². The van der Waals surface area contributed by atoms with E-state index in [4.69, 9.17) is 9.84 Å². The van der Waals surface area contributed by atoms with Gasteiger partial charge in [-0.15, -0.1) is 0 Å². The molecule has 6 atom stereocenters. The van der Waals surface area contributed by atoms with E-state index >= 15 is 0 Å². The standard InChI is InChI=1S/C20H26O9/c1-9(12(23)8-21)19(27)29-13-7-20(3)14(24)6-5-11(22)16(20)17(25)15(13)10(2)18(26)28-4/h12-13,15-17,21,23,25H,1-2,5-8H2,3-4H3. The van der Waals surface area contributed by atoms with Gasteiger partial charge in [0, 0.05) is 23.8 Å². The van der Waals surface area contributed by atoms with Crippen LogP contribution in [0.5, 0.6) is 0 Å². The first-order valence-corrected chi connectivity index (χ1v) is 9.19. The van der Waals surface area contributed by atoms with E-state index in [2.05, 4.69) is 17.9 Å². The number of aliphatic hydroxyl groups is 3. The molecule has 2 aliphatic rings. The Hall–Kier alpha value is -2.36. The van der Waals surface area contributed by atoms with Crippen molar-refractivity contribution in [1.29, 1.82) is 0 Å². The summed E-state index contributed by atoms with van der Waals surface area (Å²) in [7, 11) is 1.11. The number of hydrogen-bond acceptors (Lipinski definition) is 9. The molecule has 0 bridgehead atoms. The predicted octanol–water partition coefficient (Wildman–Crippen LogP) is -0.528. The lowest BCUT2D eigenvalue weighted by Gasteiger charge is -2.50. The van der Waals surface area contributed by atoms with Gasteiger partial charge in [0.25, 0.3) is 0 Å². The molecule has 3 N–H and O–H groups in total. The summed E-state index contributed by atoms with van der Waals surface area (Å²) < 4.78 is 10.0. The van der Waals surface area contributed by atoms with Gasteiger partial charge in [0.05, 0.1) is 37.2 Å². The quantitative estimate of drug-likeness (QED) is 0.388. The molecule has 0 aromatic carbocycles. The average Bonchev–Trinajstić information content (AvgIpc) is 2.68. The van der Waals surface area contributed by atoms with E-state index in [0.717, 1.165) is 7.11 Å². The molecular formula is C20H26O9.